The molecule has 4 aliphatic rings. The molecule has 4 N–H and O–H groups in total. The van der Waals surface area contributed by atoms with Crippen LogP contribution >= 0.6 is 0 Å². The molecule has 0 bridgehead atoms. The minimum Gasteiger partial charge on any atom is -0.402 e. The van der Waals surface area contributed by atoms with E-state index in [1.807, 2.05) is 18.4 Å². The number of hydrogen-bond acceptors (Lipinski definition) is 3. The van der Waals surface area contributed by atoms with E-state index in [1.54, 1.807) is 6.08 Å². The van der Waals surface area contributed by atoms with Crippen LogP contribution in [0.25, 0.3) is 5.70 Å². The summed E-state index contributed by atoms with van der Waals surface area (Å²) in [7, 11) is 0. The maximum Gasteiger partial charge on any atom is 0.108 e. The van der Waals surface area contributed by atoms with Gasteiger partial charge in [0.25, 0.3) is 0 Å². The quantitative estimate of drug-likeness (QED) is 0.566. The van der Waals surface area contributed by atoms with Crippen molar-refractivity contribution >= 4 is 11.9 Å². The first-order chi connectivity index (χ1) is 14.5. The number of benzene rings is 1. The summed E-state index contributed by atoms with van der Waals surface area (Å²) < 4.78 is 0. The number of aliphatic imine (C=N–C) groups is 1. The number of fused-ring (bicyclic) bond motifs is 4. The first-order valence-corrected chi connectivity index (χ1v) is 10.6. The van der Waals surface area contributed by atoms with Crippen LogP contribution in [0.3, 0.4) is 0 Å². The number of allylic oxidation sites excluding steroid dienone is 8. The van der Waals surface area contributed by atoms with Crippen molar-refractivity contribution in [1.82, 2.24) is 0 Å². The van der Waals surface area contributed by atoms with E-state index in [4.69, 9.17) is 16.5 Å². The predicted octanol–water partition coefficient (Wildman–Crippen LogP) is 4.91. The predicted molar refractivity (Wildman–Crippen MR) is 126 cm³/mol. The topological polar surface area (TPSA) is 64.4 Å². The zero-order valence-electron chi connectivity index (χ0n) is 17.4. The Labute approximate surface area is 178 Å². The van der Waals surface area contributed by atoms with E-state index in [0.717, 1.165) is 30.7 Å². The lowest BCUT2D eigenvalue weighted by Crippen LogP contribution is -2.28. The number of nitrogens with two attached hydrogens (primary N) is 2. The zero-order valence-corrected chi connectivity index (χ0v) is 17.4. The molecule has 0 saturated carbocycles. The normalized spacial score (nSPS) is 27.4. The first kappa shape index (κ1) is 18.7. The van der Waals surface area contributed by atoms with E-state index < -0.39 is 5.54 Å². The highest BCUT2D eigenvalue weighted by Crippen LogP contribution is 2.54. The summed E-state index contributed by atoms with van der Waals surface area (Å²) in [6, 6.07) is 8.49. The molecule has 0 aliphatic heterocycles. The molecule has 0 radical (unpaired) electrons. The molecule has 30 heavy (non-hydrogen) atoms. The van der Waals surface area contributed by atoms with Crippen molar-refractivity contribution in [2.24, 2.45) is 22.4 Å². The molecule has 0 amide bonds. The van der Waals surface area contributed by atoms with Gasteiger partial charge >= 0.3 is 0 Å². The maximum absolute atomic E-state index is 6.66. The van der Waals surface area contributed by atoms with Gasteiger partial charge in [-0.05, 0) is 77.8 Å². The third kappa shape index (κ3) is 2.69. The summed E-state index contributed by atoms with van der Waals surface area (Å²) in [6.45, 7) is 5.94. The molecular weight excluding hydrogens is 366 g/mol. The Bertz CT molecular complexity index is 1170. The number of rotatable bonds is 3. The Hall–Kier alpha value is -3.33. The van der Waals surface area contributed by atoms with Gasteiger partial charge in [-0.2, -0.15) is 0 Å². The highest BCUT2D eigenvalue weighted by molar-refractivity contribution is 5.81. The fraction of sp³-hybridized carbons (Fsp3) is 0.222. The van der Waals surface area contributed by atoms with Crippen molar-refractivity contribution in [1.29, 1.82) is 0 Å². The molecule has 2 unspecified atom stereocenters. The Balaban J connectivity index is 1.69. The van der Waals surface area contributed by atoms with E-state index in [2.05, 4.69) is 56.0 Å². The van der Waals surface area contributed by atoms with Gasteiger partial charge in [-0.15, -0.1) is 0 Å². The summed E-state index contributed by atoms with van der Waals surface area (Å²) >= 11 is 0. The van der Waals surface area contributed by atoms with E-state index in [-0.39, 0.29) is 5.92 Å². The van der Waals surface area contributed by atoms with Gasteiger partial charge in [-0.1, -0.05) is 49.1 Å². The highest BCUT2D eigenvalue weighted by Gasteiger charge is 2.46. The van der Waals surface area contributed by atoms with Crippen molar-refractivity contribution in [2.45, 2.75) is 31.7 Å². The van der Waals surface area contributed by atoms with Gasteiger partial charge in [0.2, 0.25) is 0 Å². The minimum absolute atomic E-state index is 0.277. The Kier molecular flexibility index (Phi) is 4.28. The molecular formula is C27H27N3. The standard InChI is InChI=1S/C27H27N3/c1-3-4-7-12-30-27(2)24-14-18-13-17-8-5-6-9-20(17)26(29)22(18)16-23(24)21-11-10-19(28)15-25(21)27/h3-9,12,14-16,18H,1,10-11,13,28-29H2,2H3/b7-4-,30-12+. The molecule has 0 heterocycles. The summed E-state index contributed by atoms with van der Waals surface area (Å²) in [5.74, 6) is 0.277. The van der Waals surface area contributed by atoms with E-state index in [1.165, 1.54) is 39.0 Å². The molecule has 1 aromatic rings. The molecule has 3 heteroatoms. The molecule has 0 aromatic heterocycles. The smallest absolute Gasteiger partial charge is 0.108 e. The second-order valence-corrected chi connectivity index (χ2v) is 8.56. The third-order valence-electron chi connectivity index (χ3n) is 6.77. The maximum atomic E-state index is 6.66. The average molecular weight is 394 g/mol. The second kappa shape index (κ2) is 6.88. The van der Waals surface area contributed by atoms with Crippen molar-refractivity contribution in [3.8, 4) is 0 Å². The molecule has 2 atom stereocenters. The minimum atomic E-state index is -0.436. The van der Waals surface area contributed by atoms with Crippen LogP contribution in [0.1, 0.15) is 30.9 Å². The van der Waals surface area contributed by atoms with Crippen molar-refractivity contribution < 1.29 is 0 Å². The highest BCUT2D eigenvalue weighted by atomic mass is 14.9. The molecule has 150 valence electrons. The van der Waals surface area contributed by atoms with Crippen LogP contribution < -0.4 is 11.5 Å². The summed E-state index contributed by atoms with van der Waals surface area (Å²) in [5.41, 5.74) is 23.2. The SMILES string of the molecule is C=C/C=C\C=N\C1(C)C2=CC3Cc4ccccc4C(N)=C3C=C2C2=C1C=C(N)CC2. The molecule has 0 spiro atoms. The van der Waals surface area contributed by atoms with Crippen LogP contribution in [0.15, 0.2) is 106 Å². The van der Waals surface area contributed by atoms with Gasteiger partial charge in [0.05, 0.1) is 0 Å². The molecule has 3 nitrogen and oxygen atoms in total. The van der Waals surface area contributed by atoms with Crippen LogP contribution in [0.4, 0.5) is 0 Å². The van der Waals surface area contributed by atoms with Gasteiger partial charge in [0, 0.05) is 29.1 Å². The lowest BCUT2D eigenvalue weighted by atomic mass is 9.74. The Morgan fingerprint density at radius 1 is 1.13 bits per heavy atom. The fourth-order valence-electron chi connectivity index (χ4n) is 5.26. The van der Waals surface area contributed by atoms with Crippen molar-refractivity contribution in [3.05, 3.63) is 112 Å². The third-order valence-corrected chi connectivity index (χ3v) is 6.77. The van der Waals surface area contributed by atoms with Gasteiger partial charge in [-0.3, -0.25) is 4.99 Å². The van der Waals surface area contributed by atoms with Crippen molar-refractivity contribution in [2.75, 3.05) is 0 Å². The summed E-state index contributed by atoms with van der Waals surface area (Å²) in [4.78, 5) is 5.02. The van der Waals surface area contributed by atoms with Crippen LogP contribution in [0.2, 0.25) is 0 Å². The Morgan fingerprint density at radius 2 is 1.97 bits per heavy atom. The van der Waals surface area contributed by atoms with Crippen LogP contribution in [0, 0.1) is 5.92 Å². The zero-order chi connectivity index (χ0) is 20.9. The van der Waals surface area contributed by atoms with Crippen LogP contribution in [-0.4, -0.2) is 11.8 Å². The number of nitrogens with zero attached hydrogens (tertiary/aromatic N) is 1. The summed E-state index contributed by atoms with van der Waals surface area (Å²) in [5, 5.41) is 0. The molecule has 1 aromatic carbocycles. The molecule has 5 rings (SSSR count). The first-order valence-electron chi connectivity index (χ1n) is 10.6. The van der Waals surface area contributed by atoms with E-state index >= 15 is 0 Å². The van der Waals surface area contributed by atoms with Crippen LogP contribution in [0.5, 0.6) is 0 Å². The lowest BCUT2D eigenvalue weighted by Gasteiger charge is -2.32. The Morgan fingerprint density at radius 3 is 2.80 bits per heavy atom. The van der Waals surface area contributed by atoms with E-state index in [9.17, 15) is 0 Å². The molecule has 0 fully saturated rings. The monoisotopic (exact) mass is 393 g/mol. The van der Waals surface area contributed by atoms with Gasteiger partial charge in [-0.25, -0.2) is 0 Å². The number of hydrogen-bond donors (Lipinski definition) is 2. The summed E-state index contributed by atoms with van der Waals surface area (Å²) in [6.07, 6.45) is 17.2. The van der Waals surface area contributed by atoms with Crippen molar-refractivity contribution in [3.63, 3.8) is 0 Å². The van der Waals surface area contributed by atoms with Gasteiger partial charge < -0.3 is 11.5 Å². The van der Waals surface area contributed by atoms with Gasteiger partial charge in [0.1, 0.15) is 5.54 Å². The van der Waals surface area contributed by atoms with Gasteiger partial charge in [0.15, 0.2) is 0 Å². The van der Waals surface area contributed by atoms with Crippen LogP contribution in [-0.2, 0) is 6.42 Å². The molecule has 4 aliphatic carbocycles. The fourth-order valence-corrected chi connectivity index (χ4v) is 5.26. The average Bonchev–Trinajstić information content (AvgIpc) is 2.98. The second-order valence-electron chi connectivity index (χ2n) is 8.56. The van der Waals surface area contributed by atoms with E-state index in [0.29, 0.717) is 0 Å². The largest absolute Gasteiger partial charge is 0.402 e. The molecule has 0 saturated heterocycles. The lowest BCUT2D eigenvalue weighted by molar-refractivity contribution is 0.658.